The Balaban J connectivity index is 0.00000132. The summed E-state index contributed by atoms with van der Waals surface area (Å²) in [6, 6.07) is 5.79. The van der Waals surface area contributed by atoms with E-state index in [9.17, 15) is 4.39 Å². The first kappa shape index (κ1) is 21.2. The lowest BCUT2D eigenvalue weighted by molar-refractivity contribution is 0.103. The number of benzene rings is 1. The van der Waals surface area contributed by atoms with Crippen LogP contribution < -0.4 is 5.32 Å². The third kappa shape index (κ3) is 5.57. The van der Waals surface area contributed by atoms with Gasteiger partial charge in [-0.2, -0.15) is 0 Å². The molecule has 132 valence electrons. The molecule has 1 saturated carbocycles. The van der Waals surface area contributed by atoms with E-state index < -0.39 is 0 Å². The molecule has 0 amide bonds. The van der Waals surface area contributed by atoms with Crippen LogP contribution in [0.25, 0.3) is 0 Å². The minimum atomic E-state index is -0.129. The molecule has 1 atom stereocenters. The van der Waals surface area contributed by atoms with Crippen LogP contribution in [0.5, 0.6) is 0 Å². The van der Waals surface area contributed by atoms with Crippen molar-refractivity contribution in [2.24, 2.45) is 5.92 Å². The van der Waals surface area contributed by atoms with Crippen LogP contribution in [0, 0.1) is 11.7 Å². The minimum Gasteiger partial charge on any atom is -0.314 e. The van der Waals surface area contributed by atoms with Crippen molar-refractivity contribution in [2.75, 3.05) is 26.2 Å². The van der Waals surface area contributed by atoms with Gasteiger partial charge in [0.05, 0.1) is 0 Å². The Hall–Kier alpha value is 0.130. The van der Waals surface area contributed by atoms with Gasteiger partial charge in [0.25, 0.3) is 0 Å². The Labute approximate surface area is 159 Å². The molecular weight excluding hydrogens is 402 g/mol. The molecule has 1 aliphatic heterocycles. The largest absolute Gasteiger partial charge is 0.314 e. The second-order valence-corrected chi connectivity index (χ2v) is 7.25. The molecule has 0 bridgehead atoms. The number of rotatable bonds is 3. The van der Waals surface area contributed by atoms with E-state index in [1.165, 1.54) is 32.1 Å². The van der Waals surface area contributed by atoms with Gasteiger partial charge >= 0.3 is 0 Å². The smallest absolute Gasteiger partial charge is 0.124 e. The van der Waals surface area contributed by atoms with E-state index in [0.717, 1.165) is 36.2 Å². The van der Waals surface area contributed by atoms with E-state index in [1.807, 2.05) is 0 Å². The molecule has 1 aliphatic carbocycles. The van der Waals surface area contributed by atoms with Crippen molar-refractivity contribution in [3.8, 4) is 0 Å². The van der Waals surface area contributed by atoms with E-state index in [4.69, 9.17) is 0 Å². The monoisotopic (exact) mass is 426 g/mol. The van der Waals surface area contributed by atoms with Gasteiger partial charge in [0.2, 0.25) is 0 Å². The number of nitrogens with one attached hydrogen (secondary N) is 1. The quantitative estimate of drug-likeness (QED) is 0.733. The lowest BCUT2D eigenvalue weighted by Crippen LogP contribution is -2.47. The molecule has 1 saturated heterocycles. The molecule has 6 heteroatoms. The van der Waals surface area contributed by atoms with Crippen molar-refractivity contribution in [2.45, 2.75) is 38.1 Å². The molecule has 1 aromatic carbocycles. The maximum absolute atomic E-state index is 13.9. The summed E-state index contributed by atoms with van der Waals surface area (Å²) in [4.78, 5) is 2.56. The first-order chi connectivity index (χ1) is 10.2. The highest BCUT2D eigenvalue weighted by molar-refractivity contribution is 9.10. The van der Waals surface area contributed by atoms with E-state index in [-0.39, 0.29) is 30.6 Å². The van der Waals surface area contributed by atoms with Crippen molar-refractivity contribution >= 4 is 40.7 Å². The fourth-order valence-electron chi connectivity index (χ4n) is 3.94. The van der Waals surface area contributed by atoms with Crippen LogP contribution in [-0.2, 0) is 0 Å². The number of piperazine rings is 1. The highest BCUT2D eigenvalue weighted by Gasteiger charge is 2.31. The molecule has 1 aromatic rings. The number of hydrogen-bond acceptors (Lipinski definition) is 2. The second kappa shape index (κ2) is 10.2. The Morgan fingerprint density at radius 1 is 1.04 bits per heavy atom. The zero-order valence-electron chi connectivity index (χ0n) is 13.3. The highest BCUT2D eigenvalue weighted by Crippen LogP contribution is 2.39. The lowest BCUT2D eigenvalue weighted by atomic mass is 9.80. The number of nitrogens with zero attached hydrogens (tertiary/aromatic N) is 1. The molecule has 3 rings (SSSR count). The Bertz CT molecular complexity index is 439. The summed E-state index contributed by atoms with van der Waals surface area (Å²) in [6.07, 6.45) is 6.57. The Kier molecular flexibility index (Phi) is 9.39. The molecule has 2 aliphatic rings. The van der Waals surface area contributed by atoms with Crippen LogP contribution in [0.15, 0.2) is 22.7 Å². The minimum absolute atomic E-state index is 0. The van der Waals surface area contributed by atoms with Crippen molar-refractivity contribution < 1.29 is 4.39 Å². The van der Waals surface area contributed by atoms with E-state index >= 15 is 0 Å². The van der Waals surface area contributed by atoms with E-state index in [0.29, 0.717) is 12.0 Å². The topological polar surface area (TPSA) is 15.3 Å². The molecule has 1 N–H and O–H groups in total. The van der Waals surface area contributed by atoms with Crippen LogP contribution >= 0.6 is 40.7 Å². The molecule has 0 radical (unpaired) electrons. The van der Waals surface area contributed by atoms with E-state index in [1.54, 1.807) is 12.1 Å². The third-order valence-electron chi connectivity index (χ3n) is 4.87. The van der Waals surface area contributed by atoms with Crippen LogP contribution in [0.1, 0.15) is 43.7 Å². The average Bonchev–Trinajstić information content (AvgIpc) is 2.49. The van der Waals surface area contributed by atoms with Gasteiger partial charge in [0, 0.05) is 36.7 Å². The summed E-state index contributed by atoms with van der Waals surface area (Å²) in [5.74, 6) is 0.542. The van der Waals surface area contributed by atoms with Crippen molar-refractivity contribution in [3.05, 3.63) is 34.1 Å². The molecule has 23 heavy (non-hydrogen) atoms. The Morgan fingerprint density at radius 2 is 1.70 bits per heavy atom. The summed E-state index contributed by atoms with van der Waals surface area (Å²) < 4.78 is 14.7. The summed E-state index contributed by atoms with van der Waals surface area (Å²) >= 11 is 3.46. The summed E-state index contributed by atoms with van der Waals surface area (Å²) in [6.45, 7) is 4.21. The molecule has 2 nitrogen and oxygen atoms in total. The van der Waals surface area contributed by atoms with Crippen molar-refractivity contribution in [1.29, 1.82) is 0 Å². The van der Waals surface area contributed by atoms with Gasteiger partial charge in [0.15, 0.2) is 0 Å². The zero-order chi connectivity index (χ0) is 14.7. The number of halogens is 4. The summed E-state index contributed by atoms with van der Waals surface area (Å²) in [5, 5.41) is 3.42. The van der Waals surface area contributed by atoms with Crippen molar-refractivity contribution in [1.82, 2.24) is 10.2 Å². The van der Waals surface area contributed by atoms with Gasteiger partial charge in [-0.25, -0.2) is 4.39 Å². The molecule has 0 spiro atoms. The molecule has 0 aromatic heterocycles. The maximum atomic E-state index is 13.9. The van der Waals surface area contributed by atoms with Gasteiger partial charge in [0.1, 0.15) is 5.82 Å². The van der Waals surface area contributed by atoms with Crippen LogP contribution in [0.4, 0.5) is 4.39 Å². The highest BCUT2D eigenvalue weighted by atomic mass is 79.9. The van der Waals surface area contributed by atoms with Crippen LogP contribution in [0.2, 0.25) is 0 Å². The van der Waals surface area contributed by atoms with Gasteiger partial charge in [-0.3, -0.25) is 4.90 Å². The summed E-state index contributed by atoms with van der Waals surface area (Å²) in [5.41, 5.74) is 1.15. The first-order valence-electron chi connectivity index (χ1n) is 8.15. The fourth-order valence-corrected chi connectivity index (χ4v) is 4.42. The lowest BCUT2D eigenvalue weighted by Gasteiger charge is -2.41. The van der Waals surface area contributed by atoms with Crippen LogP contribution in [0.3, 0.4) is 0 Å². The summed E-state index contributed by atoms with van der Waals surface area (Å²) in [7, 11) is 0. The second-order valence-electron chi connectivity index (χ2n) is 6.33. The van der Waals surface area contributed by atoms with Gasteiger partial charge in [-0.05, 0) is 42.5 Å². The zero-order valence-corrected chi connectivity index (χ0v) is 16.5. The molecule has 1 heterocycles. The SMILES string of the molecule is Cl.Cl.Fc1cc(Br)cc([C@@H](C2CCCCC2)N2CCNCC2)c1. The average molecular weight is 428 g/mol. The molecule has 0 unspecified atom stereocenters. The van der Waals surface area contributed by atoms with Gasteiger partial charge in [-0.15, -0.1) is 24.8 Å². The predicted molar refractivity (Wildman–Crippen MR) is 102 cm³/mol. The van der Waals surface area contributed by atoms with Crippen molar-refractivity contribution in [3.63, 3.8) is 0 Å². The Morgan fingerprint density at radius 3 is 2.30 bits per heavy atom. The molecule has 2 fully saturated rings. The van der Waals surface area contributed by atoms with Gasteiger partial charge in [-0.1, -0.05) is 35.2 Å². The maximum Gasteiger partial charge on any atom is 0.124 e. The van der Waals surface area contributed by atoms with Crippen LogP contribution in [-0.4, -0.2) is 31.1 Å². The van der Waals surface area contributed by atoms with Gasteiger partial charge < -0.3 is 5.32 Å². The standard InChI is InChI=1S/C17H24BrFN2.2ClH/c18-15-10-14(11-16(19)12-15)17(13-4-2-1-3-5-13)21-8-6-20-7-9-21;;/h10-13,17,20H,1-9H2;2*1H/t17-;;/m1../s1. The predicted octanol–water partition coefficient (Wildman–Crippen LogP) is 4.96. The van der Waals surface area contributed by atoms with E-state index in [2.05, 4.69) is 32.2 Å². The normalized spacial score (nSPS) is 21.1. The first-order valence-corrected chi connectivity index (χ1v) is 8.94. The third-order valence-corrected chi connectivity index (χ3v) is 5.33. The fraction of sp³-hybridized carbons (Fsp3) is 0.647. The molecular formula is C17H26BrCl2FN2. The number of hydrogen-bond donors (Lipinski definition) is 1.